The third-order valence-corrected chi connectivity index (χ3v) is 4.60. The summed E-state index contributed by atoms with van der Waals surface area (Å²) < 4.78 is 0.928. The number of rotatable bonds is 3. The first-order valence-corrected chi connectivity index (χ1v) is 8.25. The van der Waals surface area contributed by atoms with Crippen LogP contribution in [0.3, 0.4) is 0 Å². The molecule has 0 spiro atoms. The molecule has 1 aromatic carbocycles. The minimum absolute atomic E-state index is 0.135. The molecular weight excluding hydrogens is 332 g/mol. The van der Waals surface area contributed by atoms with Crippen molar-refractivity contribution in [3.63, 3.8) is 0 Å². The van der Waals surface area contributed by atoms with Gasteiger partial charge in [0, 0.05) is 16.2 Å². The summed E-state index contributed by atoms with van der Waals surface area (Å²) in [7, 11) is 0. The van der Waals surface area contributed by atoms with E-state index in [1.165, 1.54) is 6.42 Å². The van der Waals surface area contributed by atoms with Gasteiger partial charge in [0.1, 0.15) is 0 Å². The number of anilines is 1. The van der Waals surface area contributed by atoms with Crippen LogP contribution in [0.25, 0.3) is 0 Å². The molecule has 2 rings (SSSR count). The molecule has 0 unspecified atom stereocenters. The van der Waals surface area contributed by atoms with E-state index in [-0.39, 0.29) is 6.04 Å². The maximum atomic E-state index is 11.9. The number of carbonyl (C=O) groups excluding carboxylic acids is 2. The second kappa shape index (κ2) is 7.59. The van der Waals surface area contributed by atoms with Crippen LogP contribution in [0.4, 0.5) is 5.69 Å². The summed E-state index contributed by atoms with van der Waals surface area (Å²) in [6, 6.07) is 7.28. The zero-order valence-electron chi connectivity index (χ0n) is 12.2. The van der Waals surface area contributed by atoms with E-state index in [0.29, 0.717) is 5.69 Å². The van der Waals surface area contributed by atoms with Crippen molar-refractivity contribution in [2.45, 2.75) is 45.1 Å². The fraction of sp³-hybridized carbons (Fsp3) is 0.500. The molecule has 4 nitrogen and oxygen atoms in total. The summed E-state index contributed by atoms with van der Waals surface area (Å²) in [5.74, 6) is -0.373. The fourth-order valence-corrected chi connectivity index (χ4v) is 2.95. The van der Waals surface area contributed by atoms with Crippen LogP contribution >= 0.6 is 15.9 Å². The highest BCUT2D eigenvalue weighted by Gasteiger charge is 2.23. The van der Waals surface area contributed by atoms with Gasteiger partial charge in [0.15, 0.2) is 0 Å². The number of benzene rings is 1. The zero-order chi connectivity index (χ0) is 15.2. The number of carbonyl (C=O) groups is 2. The van der Waals surface area contributed by atoms with Gasteiger partial charge in [0.25, 0.3) is 0 Å². The lowest BCUT2D eigenvalue weighted by Crippen LogP contribution is -2.43. The van der Waals surface area contributed by atoms with Crippen molar-refractivity contribution in [1.29, 1.82) is 0 Å². The van der Waals surface area contributed by atoms with Gasteiger partial charge >= 0.3 is 11.8 Å². The molecule has 1 saturated carbocycles. The predicted molar refractivity (Wildman–Crippen MR) is 87.0 cm³/mol. The fourth-order valence-electron chi connectivity index (χ4n) is 2.69. The first kappa shape index (κ1) is 16.0. The van der Waals surface area contributed by atoms with Crippen molar-refractivity contribution in [1.82, 2.24) is 5.32 Å². The van der Waals surface area contributed by atoms with E-state index in [2.05, 4.69) is 33.5 Å². The lowest BCUT2D eigenvalue weighted by Gasteiger charge is -2.28. The SMILES string of the molecule is CCC1CCC(NC(=O)C(=O)Nc2ccc(Br)cc2)CC1. The maximum absolute atomic E-state index is 11.9. The molecular formula is C16H21BrN2O2. The Morgan fingerprint density at radius 3 is 2.29 bits per heavy atom. The third-order valence-electron chi connectivity index (χ3n) is 4.07. The number of halogens is 1. The van der Waals surface area contributed by atoms with Crippen molar-refractivity contribution in [2.75, 3.05) is 5.32 Å². The van der Waals surface area contributed by atoms with E-state index in [9.17, 15) is 9.59 Å². The molecule has 0 atom stereocenters. The Balaban J connectivity index is 1.80. The molecule has 0 aromatic heterocycles. The highest BCUT2D eigenvalue weighted by atomic mass is 79.9. The zero-order valence-corrected chi connectivity index (χ0v) is 13.8. The van der Waals surface area contributed by atoms with Crippen molar-refractivity contribution in [3.05, 3.63) is 28.7 Å². The standard InChI is InChI=1S/C16H21BrN2O2/c1-2-11-3-7-13(8-4-11)18-15(20)16(21)19-14-9-5-12(17)6-10-14/h5-6,9-11,13H,2-4,7-8H2,1H3,(H,18,20)(H,19,21). The predicted octanol–water partition coefficient (Wildman–Crippen LogP) is 3.47. The smallest absolute Gasteiger partial charge is 0.313 e. The number of hydrogen-bond acceptors (Lipinski definition) is 2. The van der Waals surface area contributed by atoms with Gasteiger partial charge in [-0.15, -0.1) is 0 Å². The molecule has 2 N–H and O–H groups in total. The Morgan fingerprint density at radius 1 is 1.10 bits per heavy atom. The average Bonchev–Trinajstić information content (AvgIpc) is 2.50. The quantitative estimate of drug-likeness (QED) is 0.818. The van der Waals surface area contributed by atoms with Crippen LogP contribution in [0.1, 0.15) is 39.0 Å². The third kappa shape index (κ3) is 4.84. The highest BCUT2D eigenvalue weighted by molar-refractivity contribution is 9.10. The van der Waals surface area contributed by atoms with Gasteiger partial charge in [-0.05, 0) is 55.9 Å². The van der Waals surface area contributed by atoms with Gasteiger partial charge in [0.05, 0.1) is 0 Å². The maximum Gasteiger partial charge on any atom is 0.313 e. The normalized spacial score (nSPS) is 21.6. The van der Waals surface area contributed by atoms with Crippen molar-refractivity contribution in [3.8, 4) is 0 Å². The van der Waals surface area contributed by atoms with Crippen LogP contribution in [0.2, 0.25) is 0 Å². The van der Waals surface area contributed by atoms with Crippen molar-refractivity contribution in [2.24, 2.45) is 5.92 Å². The monoisotopic (exact) mass is 352 g/mol. The number of nitrogens with one attached hydrogen (secondary N) is 2. The van der Waals surface area contributed by atoms with Crippen LogP contribution in [0, 0.1) is 5.92 Å². The van der Waals surface area contributed by atoms with Crippen LogP contribution in [-0.4, -0.2) is 17.9 Å². The number of amides is 2. The Hall–Kier alpha value is -1.36. The lowest BCUT2D eigenvalue weighted by molar-refractivity contribution is -0.136. The Kier molecular flexibility index (Phi) is 5.79. The molecule has 114 valence electrons. The molecule has 1 aliphatic carbocycles. The molecule has 2 amide bonds. The number of hydrogen-bond donors (Lipinski definition) is 2. The summed E-state index contributed by atoms with van der Waals surface area (Å²) in [4.78, 5) is 23.8. The van der Waals surface area contributed by atoms with Gasteiger partial charge in [-0.25, -0.2) is 0 Å². The van der Waals surface area contributed by atoms with Gasteiger partial charge < -0.3 is 10.6 Å². The van der Waals surface area contributed by atoms with Crippen LogP contribution in [0.15, 0.2) is 28.7 Å². The summed E-state index contributed by atoms with van der Waals surface area (Å²) in [5.41, 5.74) is 0.619. The van der Waals surface area contributed by atoms with E-state index in [4.69, 9.17) is 0 Å². The van der Waals surface area contributed by atoms with Crippen molar-refractivity contribution >= 4 is 33.4 Å². The van der Waals surface area contributed by atoms with Gasteiger partial charge in [-0.3, -0.25) is 9.59 Å². The molecule has 1 fully saturated rings. The summed E-state index contributed by atoms with van der Waals surface area (Å²) in [5, 5.41) is 5.44. The van der Waals surface area contributed by atoms with Crippen LogP contribution in [0.5, 0.6) is 0 Å². The molecule has 21 heavy (non-hydrogen) atoms. The Labute approximate surface area is 133 Å². The van der Waals surface area contributed by atoms with Gasteiger partial charge in [0.2, 0.25) is 0 Å². The van der Waals surface area contributed by atoms with Gasteiger partial charge in [-0.2, -0.15) is 0 Å². The first-order valence-electron chi connectivity index (χ1n) is 7.46. The average molecular weight is 353 g/mol. The second-order valence-electron chi connectivity index (χ2n) is 5.56. The second-order valence-corrected chi connectivity index (χ2v) is 6.48. The molecule has 1 aliphatic rings. The summed E-state index contributed by atoms with van der Waals surface area (Å²) in [6.07, 6.45) is 5.40. The van der Waals surface area contributed by atoms with E-state index in [1.54, 1.807) is 12.1 Å². The Bertz CT molecular complexity index is 494. The minimum atomic E-state index is -0.602. The summed E-state index contributed by atoms with van der Waals surface area (Å²) in [6.45, 7) is 2.20. The van der Waals surface area contributed by atoms with E-state index < -0.39 is 11.8 Å². The highest BCUT2D eigenvalue weighted by Crippen LogP contribution is 2.26. The topological polar surface area (TPSA) is 58.2 Å². The van der Waals surface area contributed by atoms with E-state index in [0.717, 1.165) is 36.1 Å². The molecule has 0 aliphatic heterocycles. The largest absolute Gasteiger partial charge is 0.345 e. The van der Waals surface area contributed by atoms with Crippen LogP contribution in [-0.2, 0) is 9.59 Å². The summed E-state index contributed by atoms with van der Waals surface area (Å²) >= 11 is 3.33. The molecule has 1 aromatic rings. The van der Waals surface area contributed by atoms with Crippen LogP contribution < -0.4 is 10.6 Å². The molecule has 0 heterocycles. The van der Waals surface area contributed by atoms with Crippen molar-refractivity contribution < 1.29 is 9.59 Å². The van der Waals surface area contributed by atoms with E-state index in [1.807, 2.05) is 12.1 Å². The Morgan fingerprint density at radius 2 is 1.71 bits per heavy atom. The minimum Gasteiger partial charge on any atom is -0.345 e. The molecule has 0 bridgehead atoms. The first-order chi connectivity index (χ1) is 10.1. The molecule has 5 heteroatoms. The molecule has 0 radical (unpaired) electrons. The molecule has 0 saturated heterocycles. The van der Waals surface area contributed by atoms with E-state index >= 15 is 0 Å². The lowest BCUT2D eigenvalue weighted by atomic mass is 9.84. The van der Waals surface area contributed by atoms with Gasteiger partial charge in [-0.1, -0.05) is 29.3 Å².